The fourth-order valence-corrected chi connectivity index (χ4v) is 2.78. The number of rotatable bonds is 18. The topological polar surface area (TPSA) is 211 Å². The van der Waals surface area contributed by atoms with Crippen molar-refractivity contribution in [3.8, 4) is 0 Å². The molecule has 7 N–H and O–H groups in total. The number of carbonyl (C=O) groups excluding carboxylic acids is 3. The third-order valence-corrected chi connectivity index (χ3v) is 4.55. The van der Waals surface area contributed by atoms with Crippen LogP contribution in [0, 0.1) is 0 Å². The third-order valence-electron chi connectivity index (χ3n) is 4.55. The molecule has 13 nitrogen and oxygen atoms in total. The number of carbonyl (C=O) groups is 6. The molecule has 0 radical (unpaired) electrons. The van der Waals surface area contributed by atoms with Crippen molar-refractivity contribution in [3.05, 3.63) is 0 Å². The molecule has 0 aliphatic rings. The summed E-state index contributed by atoms with van der Waals surface area (Å²) < 4.78 is 0. The number of aliphatic carboxylic acids is 3. The molecule has 0 aliphatic carbocycles. The molecule has 0 spiro atoms. The van der Waals surface area contributed by atoms with E-state index in [1.807, 2.05) is 0 Å². The molecule has 4 amide bonds. The number of carboxylic acid groups (broad SMARTS) is 3. The average Bonchev–Trinajstić information content (AvgIpc) is 2.71. The number of unbranched alkanes of at least 4 members (excludes halogenated alkanes) is 3. The minimum Gasteiger partial charge on any atom is -0.481 e. The lowest BCUT2D eigenvalue weighted by molar-refractivity contribution is -0.141. The molecule has 0 aliphatic heterocycles. The summed E-state index contributed by atoms with van der Waals surface area (Å²) >= 11 is 0. The second kappa shape index (κ2) is 17.2. The summed E-state index contributed by atoms with van der Waals surface area (Å²) in [5.41, 5.74) is 0. The highest BCUT2D eigenvalue weighted by Crippen LogP contribution is 2.04. The Kier molecular flexibility index (Phi) is 15.4. The first-order chi connectivity index (χ1) is 15.5. The molecule has 33 heavy (non-hydrogen) atoms. The predicted molar refractivity (Wildman–Crippen MR) is 115 cm³/mol. The van der Waals surface area contributed by atoms with Crippen LogP contribution in [0.3, 0.4) is 0 Å². The van der Waals surface area contributed by atoms with Gasteiger partial charge >= 0.3 is 23.9 Å². The summed E-state index contributed by atoms with van der Waals surface area (Å²) in [5.74, 6) is -4.16. The summed E-state index contributed by atoms with van der Waals surface area (Å²) in [6.07, 6.45) is 2.76. The maximum Gasteiger partial charge on any atom is 0.326 e. The van der Waals surface area contributed by atoms with Crippen LogP contribution in [0.25, 0.3) is 0 Å². The molecule has 0 aromatic carbocycles. The summed E-state index contributed by atoms with van der Waals surface area (Å²) in [6.45, 7) is 2.36. The van der Waals surface area contributed by atoms with Gasteiger partial charge in [-0.25, -0.2) is 14.4 Å². The van der Waals surface area contributed by atoms with Gasteiger partial charge in [0.2, 0.25) is 11.8 Å². The first-order valence-electron chi connectivity index (χ1n) is 10.8. The zero-order valence-corrected chi connectivity index (χ0v) is 18.7. The number of urea groups is 1. The number of amides is 4. The molecular weight excluding hydrogens is 440 g/mol. The van der Waals surface area contributed by atoms with Crippen LogP contribution in [0.15, 0.2) is 0 Å². The molecule has 13 heteroatoms. The summed E-state index contributed by atoms with van der Waals surface area (Å²) in [6, 6.07) is -3.75. The fourth-order valence-electron chi connectivity index (χ4n) is 2.78. The zero-order chi connectivity index (χ0) is 25.2. The normalized spacial score (nSPS) is 12.2. The van der Waals surface area contributed by atoms with E-state index in [-0.39, 0.29) is 24.7 Å². The first-order valence-corrected chi connectivity index (χ1v) is 10.8. The van der Waals surface area contributed by atoms with Crippen LogP contribution in [0.2, 0.25) is 0 Å². The maximum absolute atomic E-state index is 11.9. The Morgan fingerprint density at radius 3 is 1.76 bits per heavy atom. The minimum atomic E-state index is -1.46. The van der Waals surface area contributed by atoms with E-state index in [4.69, 9.17) is 10.2 Å². The Morgan fingerprint density at radius 2 is 1.21 bits per heavy atom. The van der Waals surface area contributed by atoms with Crippen molar-refractivity contribution in [1.29, 1.82) is 0 Å². The monoisotopic (exact) mass is 474 g/mol. The Morgan fingerprint density at radius 1 is 0.667 bits per heavy atom. The van der Waals surface area contributed by atoms with E-state index in [0.29, 0.717) is 38.8 Å². The molecule has 0 bridgehead atoms. The molecule has 0 rings (SSSR count). The summed E-state index contributed by atoms with van der Waals surface area (Å²) in [4.78, 5) is 67.4. The molecule has 2 atom stereocenters. The highest BCUT2D eigenvalue weighted by Gasteiger charge is 2.24. The van der Waals surface area contributed by atoms with Gasteiger partial charge in [0, 0.05) is 32.9 Å². The van der Waals surface area contributed by atoms with Crippen LogP contribution in [0.1, 0.15) is 64.7 Å². The van der Waals surface area contributed by atoms with Gasteiger partial charge in [0.1, 0.15) is 12.1 Å². The van der Waals surface area contributed by atoms with Gasteiger partial charge in [0.25, 0.3) is 0 Å². The molecule has 188 valence electrons. The van der Waals surface area contributed by atoms with Crippen LogP contribution in [0.5, 0.6) is 0 Å². The van der Waals surface area contributed by atoms with Gasteiger partial charge in [-0.05, 0) is 38.5 Å². The van der Waals surface area contributed by atoms with Gasteiger partial charge in [-0.15, -0.1) is 0 Å². The Labute approximate surface area is 191 Å². The van der Waals surface area contributed by atoms with E-state index in [9.17, 15) is 33.9 Å². The first kappa shape index (κ1) is 29.6. The smallest absolute Gasteiger partial charge is 0.326 e. The molecule has 0 saturated carbocycles. The third kappa shape index (κ3) is 16.9. The van der Waals surface area contributed by atoms with Crippen LogP contribution in [-0.4, -0.2) is 76.2 Å². The van der Waals surface area contributed by atoms with Crippen LogP contribution < -0.4 is 21.3 Å². The minimum absolute atomic E-state index is 0.0641. The second-order valence-corrected chi connectivity index (χ2v) is 7.47. The SMILES string of the molecule is CC(=O)NCCCCCC(=O)NCCCC[C@H](NC(=O)N[C@@H](CCC(=O)O)C(=O)O)C(=O)O. The van der Waals surface area contributed by atoms with Gasteiger partial charge in [0.15, 0.2) is 0 Å². The van der Waals surface area contributed by atoms with E-state index in [1.54, 1.807) is 0 Å². The molecule has 0 heterocycles. The number of nitrogens with one attached hydrogen (secondary N) is 4. The quantitative estimate of drug-likeness (QED) is 0.133. The highest BCUT2D eigenvalue weighted by atomic mass is 16.4. The van der Waals surface area contributed by atoms with E-state index in [2.05, 4.69) is 21.3 Å². The van der Waals surface area contributed by atoms with Crippen molar-refractivity contribution in [2.75, 3.05) is 13.1 Å². The Hall–Kier alpha value is -3.38. The largest absolute Gasteiger partial charge is 0.481 e. The van der Waals surface area contributed by atoms with Crippen molar-refractivity contribution in [3.63, 3.8) is 0 Å². The number of hydrogen-bond donors (Lipinski definition) is 7. The number of hydrogen-bond acceptors (Lipinski definition) is 6. The van der Waals surface area contributed by atoms with E-state index < -0.39 is 42.4 Å². The highest BCUT2D eigenvalue weighted by molar-refractivity contribution is 5.86. The lowest BCUT2D eigenvalue weighted by Gasteiger charge is -2.18. The Bertz CT molecular complexity index is 684. The lowest BCUT2D eigenvalue weighted by atomic mass is 10.1. The predicted octanol–water partition coefficient (Wildman–Crippen LogP) is 0.0398. The second-order valence-electron chi connectivity index (χ2n) is 7.47. The van der Waals surface area contributed by atoms with Crippen molar-refractivity contribution < 1.29 is 44.1 Å². The molecule has 0 unspecified atom stereocenters. The van der Waals surface area contributed by atoms with Gasteiger partial charge < -0.3 is 36.6 Å². The summed E-state index contributed by atoms with van der Waals surface area (Å²) in [7, 11) is 0. The molecule has 0 aromatic rings. The molecule has 0 fully saturated rings. The number of carboxylic acids is 3. The van der Waals surface area contributed by atoms with E-state index >= 15 is 0 Å². The van der Waals surface area contributed by atoms with Gasteiger partial charge in [0.05, 0.1) is 0 Å². The zero-order valence-electron chi connectivity index (χ0n) is 18.7. The van der Waals surface area contributed by atoms with Crippen LogP contribution in [0.4, 0.5) is 4.79 Å². The maximum atomic E-state index is 11.9. The standard InChI is InChI=1S/C20H34N4O9/c1-13(25)21-11-5-2-3-8-16(26)22-12-6-4-7-14(18(29)30)23-20(33)24-15(19(31)32)9-10-17(27)28/h14-15H,2-12H2,1H3,(H,21,25)(H,22,26)(H,27,28)(H,29,30)(H,31,32)(H2,23,24,33)/t14-,15-/m0/s1. The van der Waals surface area contributed by atoms with Crippen molar-refractivity contribution >= 4 is 35.8 Å². The van der Waals surface area contributed by atoms with Gasteiger partial charge in [-0.2, -0.15) is 0 Å². The van der Waals surface area contributed by atoms with Gasteiger partial charge in [-0.1, -0.05) is 6.42 Å². The van der Waals surface area contributed by atoms with Crippen molar-refractivity contribution in [2.24, 2.45) is 0 Å². The van der Waals surface area contributed by atoms with E-state index in [1.165, 1.54) is 6.92 Å². The lowest BCUT2D eigenvalue weighted by Crippen LogP contribution is -2.51. The average molecular weight is 475 g/mol. The van der Waals surface area contributed by atoms with Crippen molar-refractivity contribution in [1.82, 2.24) is 21.3 Å². The molecule has 0 saturated heterocycles. The summed E-state index contributed by atoms with van der Waals surface area (Å²) in [5, 5.41) is 36.5. The van der Waals surface area contributed by atoms with Crippen LogP contribution in [-0.2, 0) is 24.0 Å². The van der Waals surface area contributed by atoms with Crippen molar-refractivity contribution in [2.45, 2.75) is 76.8 Å². The van der Waals surface area contributed by atoms with Gasteiger partial charge in [-0.3, -0.25) is 14.4 Å². The fraction of sp³-hybridized carbons (Fsp3) is 0.700. The van der Waals surface area contributed by atoms with E-state index in [0.717, 1.165) is 12.8 Å². The van der Waals surface area contributed by atoms with Crippen LogP contribution >= 0.6 is 0 Å². The molecule has 0 aromatic heterocycles. The molecular formula is C20H34N4O9. The Balaban J connectivity index is 4.13.